The Morgan fingerprint density at radius 2 is 1.79 bits per heavy atom. The monoisotopic (exact) mass is 418 g/mol. The summed E-state index contributed by atoms with van der Waals surface area (Å²) in [6.07, 6.45) is 3.80. The molecule has 0 unspecified atom stereocenters. The van der Waals surface area contributed by atoms with Crippen molar-refractivity contribution in [1.29, 1.82) is 0 Å². The first-order valence-corrected chi connectivity index (χ1v) is 11.8. The summed E-state index contributed by atoms with van der Waals surface area (Å²) in [6.45, 7) is -0.292. The number of halogens is 1. The molecule has 1 aromatic carbocycles. The van der Waals surface area contributed by atoms with Crippen LogP contribution in [0.25, 0.3) is 0 Å². The molecule has 29 heavy (non-hydrogen) atoms. The van der Waals surface area contributed by atoms with E-state index < -0.39 is 0 Å². The minimum atomic E-state index is -0.292. The van der Waals surface area contributed by atoms with E-state index in [0.717, 1.165) is 11.3 Å². The summed E-state index contributed by atoms with van der Waals surface area (Å²) < 4.78 is 15.5. The molecule has 144 valence electrons. The zero-order valence-electron chi connectivity index (χ0n) is 15.9. The van der Waals surface area contributed by atoms with E-state index in [9.17, 15) is 4.39 Å². The number of thiophene rings is 2. The molecule has 2 aliphatic heterocycles. The number of rotatable bonds is 4. The van der Waals surface area contributed by atoms with E-state index in [4.69, 9.17) is 0 Å². The summed E-state index contributed by atoms with van der Waals surface area (Å²) in [6, 6.07) is 24.8. The van der Waals surface area contributed by atoms with E-state index >= 15 is 0 Å². The average Bonchev–Trinajstić information content (AvgIpc) is 3.47. The second kappa shape index (κ2) is 6.61. The van der Waals surface area contributed by atoms with Crippen LogP contribution in [0.3, 0.4) is 0 Å². The van der Waals surface area contributed by atoms with Crippen LogP contribution in [0.1, 0.15) is 49.8 Å². The van der Waals surface area contributed by atoms with Crippen molar-refractivity contribution in [1.82, 2.24) is 0 Å². The molecule has 0 fully saturated rings. The van der Waals surface area contributed by atoms with Crippen LogP contribution >= 0.6 is 22.7 Å². The molecule has 1 nitrogen and oxygen atoms in total. The van der Waals surface area contributed by atoms with Gasteiger partial charge in [0.15, 0.2) is 17.9 Å². The van der Waals surface area contributed by atoms with Crippen LogP contribution in [0.4, 0.5) is 4.39 Å². The SMILES string of the molecule is FCCc1ccc([C@]2(c3cccs3)C[C@H]3c4ccccc4[C@@H]2c2cccc[n+]23)s1. The minimum Gasteiger partial charge on any atom is -0.251 e. The van der Waals surface area contributed by atoms with Gasteiger partial charge >= 0.3 is 0 Å². The fourth-order valence-electron chi connectivity index (χ4n) is 5.52. The lowest BCUT2D eigenvalue weighted by Crippen LogP contribution is -2.59. The highest BCUT2D eigenvalue weighted by Gasteiger charge is 2.60. The summed E-state index contributed by atoms with van der Waals surface area (Å²) in [4.78, 5) is 3.95. The number of hydrogen-bond donors (Lipinski definition) is 0. The lowest BCUT2D eigenvalue weighted by atomic mass is 9.57. The summed E-state index contributed by atoms with van der Waals surface area (Å²) in [7, 11) is 0. The molecule has 2 bridgehead atoms. The first-order valence-electron chi connectivity index (χ1n) is 10.1. The first kappa shape index (κ1) is 17.5. The maximum absolute atomic E-state index is 13.0. The van der Waals surface area contributed by atoms with Crippen molar-refractivity contribution in [2.75, 3.05) is 6.67 Å². The lowest BCUT2D eigenvalue weighted by molar-refractivity contribution is -0.732. The van der Waals surface area contributed by atoms with E-state index in [1.807, 2.05) is 22.7 Å². The average molecular weight is 419 g/mol. The Labute approximate surface area is 178 Å². The second-order valence-electron chi connectivity index (χ2n) is 7.97. The van der Waals surface area contributed by atoms with Gasteiger partial charge in [-0.1, -0.05) is 36.4 Å². The van der Waals surface area contributed by atoms with Gasteiger partial charge in [0.1, 0.15) is 0 Å². The Kier molecular flexibility index (Phi) is 4.00. The molecule has 3 aliphatic rings. The van der Waals surface area contributed by atoms with Crippen LogP contribution in [0.15, 0.2) is 78.3 Å². The second-order valence-corrected chi connectivity index (χ2v) is 10.1. The van der Waals surface area contributed by atoms with Crippen molar-refractivity contribution in [2.45, 2.75) is 30.2 Å². The zero-order chi connectivity index (χ0) is 19.4. The van der Waals surface area contributed by atoms with E-state index in [0.29, 0.717) is 12.5 Å². The third-order valence-electron chi connectivity index (χ3n) is 6.63. The third kappa shape index (κ3) is 2.39. The largest absolute Gasteiger partial charge is 0.251 e. The normalized spacial score (nSPS) is 24.3. The van der Waals surface area contributed by atoms with Crippen molar-refractivity contribution in [3.63, 3.8) is 0 Å². The van der Waals surface area contributed by atoms with Crippen molar-refractivity contribution in [3.8, 4) is 0 Å². The zero-order valence-corrected chi connectivity index (χ0v) is 17.6. The number of benzene rings is 1. The highest BCUT2D eigenvalue weighted by atomic mass is 32.1. The molecule has 7 rings (SSSR count). The highest BCUT2D eigenvalue weighted by molar-refractivity contribution is 7.13. The Morgan fingerprint density at radius 1 is 0.931 bits per heavy atom. The molecular weight excluding hydrogens is 397 g/mol. The van der Waals surface area contributed by atoms with Gasteiger partial charge in [0, 0.05) is 45.2 Å². The first-order chi connectivity index (χ1) is 14.3. The third-order valence-corrected chi connectivity index (χ3v) is 9.00. The van der Waals surface area contributed by atoms with Gasteiger partial charge in [0.25, 0.3) is 0 Å². The molecule has 0 N–H and O–H groups in total. The Balaban J connectivity index is 1.66. The lowest BCUT2D eigenvalue weighted by Gasteiger charge is -2.48. The maximum Gasteiger partial charge on any atom is 0.190 e. The quantitative estimate of drug-likeness (QED) is 0.356. The molecule has 3 atom stereocenters. The predicted molar refractivity (Wildman–Crippen MR) is 117 cm³/mol. The van der Waals surface area contributed by atoms with Crippen LogP contribution < -0.4 is 4.57 Å². The summed E-state index contributed by atoms with van der Waals surface area (Å²) >= 11 is 3.67. The Bertz CT molecular complexity index is 1130. The molecule has 0 radical (unpaired) electrons. The molecule has 0 saturated carbocycles. The minimum absolute atomic E-state index is 0.0895. The number of alkyl halides is 1. The standard InChI is InChI=1S/C25H21FNS2/c26-13-12-17-10-11-23(29-17)25(22-9-5-15-28-22)16-21-18-6-1-2-7-19(18)24(25)20-8-3-4-14-27(20)21/h1-11,14-15,21,24H,12-13,16H2/q+1/t21-,24+,25+/m0/s1. The predicted octanol–water partition coefficient (Wildman–Crippen LogP) is 6.03. The maximum atomic E-state index is 13.0. The molecule has 5 heterocycles. The summed E-state index contributed by atoms with van der Waals surface area (Å²) in [5.41, 5.74) is 4.20. The van der Waals surface area contributed by atoms with Gasteiger partial charge in [-0.15, -0.1) is 22.7 Å². The van der Waals surface area contributed by atoms with Crippen molar-refractivity contribution in [3.05, 3.63) is 110 Å². The van der Waals surface area contributed by atoms with Gasteiger partial charge in [-0.25, -0.2) is 0 Å². The van der Waals surface area contributed by atoms with Crippen molar-refractivity contribution < 1.29 is 8.96 Å². The van der Waals surface area contributed by atoms with Crippen LogP contribution in [0.2, 0.25) is 0 Å². The van der Waals surface area contributed by atoms with E-state index in [1.165, 1.54) is 26.6 Å². The Morgan fingerprint density at radius 3 is 2.62 bits per heavy atom. The number of nitrogens with zero attached hydrogens (tertiary/aromatic N) is 1. The molecule has 4 aromatic rings. The van der Waals surface area contributed by atoms with Crippen LogP contribution in [0, 0.1) is 0 Å². The van der Waals surface area contributed by atoms with Crippen LogP contribution in [-0.4, -0.2) is 6.67 Å². The molecule has 0 amide bonds. The van der Waals surface area contributed by atoms with E-state index in [2.05, 4.69) is 82.9 Å². The van der Waals surface area contributed by atoms with Gasteiger partial charge < -0.3 is 0 Å². The molecule has 3 aromatic heterocycles. The topological polar surface area (TPSA) is 3.88 Å². The molecular formula is C25H21FNS2+. The summed E-state index contributed by atoms with van der Waals surface area (Å²) in [5.74, 6) is 0.264. The Hall–Kier alpha value is -2.30. The number of pyridine rings is 1. The fraction of sp³-hybridized carbons (Fsp3) is 0.240. The van der Waals surface area contributed by atoms with Crippen molar-refractivity contribution in [2.24, 2.45) is 0 Å². The number of hydrogen-bond acceptors (Lipinski definition) is 2. The molecule has 0 saturated heterocycles. The number of fused-ring (bicyclic) bond motifs is 1. The molecule has 4 heteroatoms. The number of aryl methyl sites for hydroxylation is 1. The smallest absolute Gasteiger partial charge is 0.190 e. The van der Waals surface area contributed by atoms with E-state index in [-0.39, 0.29) is 18.0 Å². The van der Waals surface area contributed by atoms with Gasteiger partial charge in [0.05, 0.1) is 18.0 Å². The van der Waals surface area contributed by atoms with Crippen molar-refractivity contribution >= 4 is 22.7 Å². The molecule has 1 aliphatic carbocycles. The van der Waals surface area contributed by atoms with Gasteiger partial charge in [-0.05, 0) is 29.1 Å². The van der Waals surface area contributed by atoms with Crippen LogP contribution in [-0.2, 0) is 11.8 Å². The van der Waals surface area contributed by atoms with E-state index in [1.54, 1.807) is 0 Å². The molecule has 0 spiro atoms. The van der Waals surface area contributed by atoms with Gasteiger partial charge in [-0.2, -0.15) is 4.57 Å². The van der Waals surface area contributed by atoms with Gasteiger partial charge in [0.2, 0.25) is 0 Å². The highest BCUT2D eigenvalue weighted by Crippen LogP contribution is 2.61. The fourth-order valence-corrected chi connectivity index (χ4v) is 7.79. The van der Waals surface area contributed by atoms with Gasteiger partial charge in [-0.3, -0.25) is 4.39 Å². The number of aromatic nitrogens is 1. The summed E-state index contributed by atoms with van der Waals surface area (Å²) in [5, 5.41) is 2.19. The van der Waals surface area contributed by atoms with Crippen LogP contribution in [0.5, 0.6) is 0 Å².